The van der Waals surface area contributed by atoms with Crippen LogP contribution in [-0.2, 0) is 0 Å². The van der Waals surface area contributed by atoms with E-state index in [1.54, 1.807) is 35.0 Å². The highest BCUT2D eigenvalue weighted by atomic mass is 35.5. The maximum atomic E-state index is 9.46. The highest BCUT2D eigenvalue weighted by Crippen LogP contribution is 2.13. The quantitative estimate of drug-likeness (QED) is 0.701. The van der Waals surface area contributed by atoms with Crippen molar-refractivity contribution >= 4 is 11.6 Å². The molecule has 0 fully saturated rings. The van der Waals surface area contributed by atoms with Crippen LogP contribution in [0.5, 0.6) is 5.88 Å². The number of hydrogen-bond donors (Lipinski definition) is 1. The van der Waals surface area contributed by atoms with E-state index in [-0.39, 0.29) is 5.88 Å². The van der Waals surface area contributed by atoms with Gasteiger partial charge in [-0.1, -0.05) is 29.7 Å². The number of nitrogens with zero attached hydrogens (tertiary/aromatic N) is 3. The third-order valence-corrected chi connectivity index (χ3v) is 3.24. The second-order valence-electron chi connectivity index (χ2n) is 4.66. The third-order valence-electron chi connectivity index (χ3n) is 3.01. The molecule has 4 nitrogen and oxygen atoms in total. The Kier molecular flexibility index (Phi) is 3.82. The Morgan fingerprint density at radius 3 is 2.68 bits per heavy atom. The van der Waals surface area contributed by atoms with Gasteiger partial charge in [0.15, 0.2) is 0 Å². The van der Waals surface area contributed by atoms with Gasteiger partial charge in [-0.05, 0) is 37.1 Å². The molecule has 108 valence electrons. The van der Waals surface area contributed by atoms with Gasteiger partial charge >= 0.3 is 0 Å². The molecule has 3 rings (SSSR count). The average Bonchev–Trinajstić information content (AvgIpc) is 2.86. The molecule has 3 aromatic rings. The van der Waals surface area contributed by atoms with E-state index >= 15 is 0 Å². The van der Waals surface area contributed by atoms with Crippen molar-refractivity contribution in [3.05, 3.63) is 70.8 Å². The van der Waals surface area contributed by atoms with Gasteiger partial charge in [0.2, 0.25) is 5.88 Å². The summed E-state index contributed by atoms with van der Waals surface area (Å²) in [5, 5.41) is 10.1. The topological polar surface area (TPSA) is 50.9 Å². The van der Waals surface area contributed by atoms with Crippen LogP contribution in [0.2, 0.25) is 5.02 Å². The van der Waals surface area contributed by atoms with Gasteiger partial charge in [-0.3, -0.25) is 4.57 Å². The molecule has 0 amide bonds. The van der Waals surface area contributed by atoms with Gasteiger partial charge in [0.25, 0.3) is 0 Å². The van der Waals surface area contributed by atoms with E-state index < -0.39 is 0 Å². The molecule has 0 aliphatic heterocycles. The summed E-state index contributed by atoms with van der Waals surface area (Å²) in [6.45, 7) is 1.86. The largest absolute Gasteiger partial charge is 0.493 e. The zero-order valence-electron chi connectivity index (χ0n) is 11.8. The molecule has 0 radical (unpaired) electrons. The number of aromatic hydroxyl groups is 1. The summed E-state index contributed by atoms with van der Waals surface area (Å²) in [6, 6.07) is 12.4. The van der Waals surface area contributed by atoms with E-state index in [0.717, 1.165) is 11.4 Å². The molecule has 1 aromatic carbocycles. The van der Waals surface area contributed by atoms with Crippen molar-refractivity contribution in [3.8, 4) is 23.5 Å². The first-order valence-corrected chi connectivity index (χ1v) is 6.99. The van der Waals surface area contributed by atoms with Crippen molar-refractivity contribution in [2.45, 2.75) is 6.92 Å². The van der Waals surface area contributed by atoms with E-state index in [2.05, 4.69) is 21.8 Å². The predicted molar refractivity (Wildman–Crippen MR) is 85.2 cm³/mol. The van der Waals surface area contributed by atoms with Gasteiger partial charge in [-0.2, -0.15) is 4.98 Å². The fraction of sp³-hybridized carbons (Fsp3) is 0.0588. The lowest BCUT2D eigenvalue weighted by Crippen LogP contribution is -1.97. The molecular weight excluding hydrogens is 298 g/mol. The minimum atomic E-state index is -0.0304. The molecule has 0 atom stereocenters. The molecule has 0 aliphatic carbocycles. The molecule has 2 aromatic heterocycles. The summed E-state index contributed by atoms with van der Waals surface area (Å²) in [4.78, 5) is 8.45. The molecule has 0 saturated carbocycles. The number of aromatic nitrogens is 3. The Labute approximate surface area is 133 Å². The first-order chi connectivity index (χ1) is 10.6. The van der Waals surface area contributed by atoms with Crippen LogP contribution in [-0.4, -0.2) is 19.6 Å². The normalized spacial score (nSPS) is 10.1. The molecule has 0 saturated heterocycles. The van der Waals surface area contributed by atoms with Crippen molar-refractivity contribution in [1.29, 1.82) is 0 Å². The number of imidazole rings is 1. The van der Waals surface area contributed by atoms with Crippen LogP contribution in [0.1, 0.15) is 17.1 Å². The van der Waals surface area contributed by atoms with E-state index in [1.807, 2.05) is 19.1 Å². The summed E-state index contributed by atoms with van der Waals surface area (Å²) in [5.74, 6) is 7.34. The van der Waals surface area contributed by atoms with Crippen LogP contribution in [0.25, 0.3) is 5.82 Å². The van der Waals surface area contributed by atoms with Crippen molar-refractivity contribution in [2.24, 2.45) is 0 Å². The first kappa shape index (κ1) is 14.2. The van der Waals surface area contributed by atoms with Crippen LogP contribution in [0.15, 0.2) is 48.7 Å². The van der Waals surface area contributed by atoms with E-state index in [9.17, 15) is 5.11 Å². The molecule has 0 unspecified atom stereocenters. The first-order valence-electron chi connectivity index (χ1n) is 6.62. The SMILES string of the molecule is Cc1nc(C#Cc2cccc(Cl)c2)cn1-c1cccc(O)n1. The number of pyridine rings is 1. The fourth-order valence-electron chi connectivity index (χ4n) is 2.01. The lowest BCUT2D eigenvalue weighted by molar-refractivity contribution is 0.452. The van der Waals surface area contributed by atoms with Gasteiger partial charge in [-0.15, -0.1) is 0 Å². The van der Waals surface area contributed by atoms with Crippen LogP contribution < -0.4 is 0 Å². The smallest absolute Gasteiger partial charge is 0.212 e. The number of benzene rings is 1. The zero-order valence-corrected chi connectivity index (χ0v) is 12.5. The molecular formula is C17H12ClN3O. The second-order valence-corrected chi connectivity index (χ2v) is 5.09. The molecule has 5 heteroatoms. The molecule has 1 N–H and O–H groups in total. The van der Waals surface area contributed by atoms with Crippen LogP contribution in [0, 0.1) is 18.8 Å². The number of aryl methyl sites for hydroxylation is 1. The molecule has 0 bridgehead atoms. The number of halogens is 1. The van der Waals surface area contributed by atoms with Crippen LogP contribution >= 0.6 is 11.6 Å². The average molecular weight is 310 g/mol. The van der Waals surface area contributed by atoms with Gasteiger partial charge in [0.1, 0.15) is 17.3 Å². The minimum Gasteiger partial charge on any atom is -0.493 e. The van der Waals surface area contributed by atoms with Gasteiger partial charge in [-0.25, -0.2) is 4.98 Å². The maximum Gasteiger partial charge on any atom is 0.212 e. The van der Waals surface area contributed by atoms with Gasteiger partial charge < -0.3 is 5.11 Å². The summed E-state index contributed by atoms with van der Waals surface area (Å²) in [7, 11) is 0. The van der Waals surface area contributed by atoms with E-state index in [4.69, 9.17) is 11.6 Å². The Balaban J connectivity index is 1.93. The Morgan fingerprint density at radius 1 is 1.09 bits per heavy atom. The summed E-state index contributed by atoms with van der Waals surface area (Å²) in [6.07, 6.45) is 1.79. The summed E-state index contributed by atoms with van der Waals surface area (Å²) in [5.41, 5.74) is 1.46. The summed E-state index contributed by atoms with van der Waals surface area (Å²) >= 11 is 5.93. The molecule has 2 heterocycles. The maximum absolute atomic E-state index is 9.46. The lowest BCUT2D eigenvalue weighted by atomic mass is 10.2. The highest BCUT2D eigenvalue weighted by molar-refractivity contribution is 6.30. The van der Waals surface area contributed by atoms with E-state index in [0.29, 0.717) is 16.5 Å². The zero-order chi connectivity index (χ0) is 15.5. The van der Waals surface area contributed by atoms with Crippen molar-refractivity contribution in [2.75, 3.05) is 0 Å². The minimum absolute atomic E-state index is 0.0304. The predicted octanol–water partition coefficient (Wildman–Crippen LogP) is 3.33. The summed E-state index contributed by atoms with van der Waals surface area (Å²) < 4.78 is 1.78. The van der Waals surface area contributed by atoms with Crippen molar-refractivity contribution in [3.63, 3.8) is 0 Å². The van der Waals surface area contributed by atoms with Crippen molar-refractivity contribution < 1.29 is 5.11 Å². The Morgan fingerprint density at radius 2 is 1.91 bits per heavy atom. The van der Waals surface area contributed by atoms with Gasteiger partial charge in [0.05, 0.1) is 0 Å². The number of rotatable bonds is 1. The fourth-order valence-corrected chi connectivity index (χ4v) is 2.20. The molecule has 22 heavy (non-hydrogen) atoms. The second kappa shape index (κ2) is 5.92. The number of hydrogen-bond acceptors (Lipinski definition) is 3. The van der Waals surface area contributed by atoms with Crippen LogP contribution in [0.3, 0.4) is 0 Å². The monoisotopic (exact) mass is 309 g/mol. The Bertz CT molecular complexity index is 890. The third kappa shape index (κ3) is 3.11. The standard InChI is InChI=1S/C17H12ClN3O/c1-12-19-15(9-8-13-4-2-5-14(18)10-13)11-21(12)16-6-3-7-17(22)20-16/h2-7,10-11H,1H3,(H,20,22). The van der Waals surface area contributed by atoms with Crippen LogP contribution in [0.4, 0.5) is 0 Å². The molecule has 0 aliphatic rings. The van der Waals surface area contributed by atoms with Gasteiger partial charge in [0, 0.05) is 22.8 Å². The molecule has 0 spiro atoms. The Hall–Kier alpha value is -2.77. The van der Waals surface area contributed by atoms with E-state index in [1.165, 1.54) is 6.07 Å². The van der Waals surface area contributed by atoms with Crippen molar-refractivity contribution in [1.82, 2.24) is 14.5 Å². The highest BCUT2D eigenvalue weighted by Gasteiger charge is 2.06. The lowest BCUT2D eigenvalue weighted by Gasteiger charge is -2.02.